The van der Waals surface area contributed by atoms with Crippen molar-refractivity contribution in [1.82, 2.24) is 4.90 Å². The highest BCUT2D eigenvalue weighted by atomic mass is 19.1. The molecule has 162 valence electrons. The number of benzene rings is 2. The number of ether oxygens (including phenoxy) is 1. The summed E-state index contributed by atoms with van der Waals surface area (Å²) in [5, 5.41) is 0. The van der Waals surface area contributed by atoms with Crippen LogP contribution in [0, 0.1) is 19.7 Å². The van der Waals surface area contributed by atoms with E-state index in [0.717, 1.165) is 44.0 Å². The lowest BCUT2D eigenvalue weighted by Gasteiger charge is -2.30. The molecule has 0 aromatic heterocycles. The maximum absolute atomic E-state index is 13.6. The SMILES string of the molecule is COc1ccc(F)cc1C[NH+]1CC[NH+](CC(=O)N(C)Cc2ccc(C)cc2C)CC1. The number of carbonyl (C=O) groups excluding carboxylic acids is 1. The topological polar surface area (TPSA) is 38.4 Å². The zero-order valence-electron chi connectivity index (χ0n) is 18.6. The Bertz CT molecular complexity index is 879. The Hall–Kier alpha value is -2.44. The van der Waals surface area contributed by atoms with Crippen LogP contribution >= 0.6 is 0 Å². The molecule has 0 saturated carbocycles. The molecule has 2 aromatic carbocycles. The van der Waals surface area contributed by atoms with Crippen molar-refractivity contribution < 1.29 is 23.7 Å². The molecule has 5 nitrogen and oxygen atoms in total. The molecule has 1 saturated heterocycles. The lowest BCUT2D eigenvalue weighted by atomic mass is 10.1. The first-order valence-electron chi connectivity index (χ1n) is 10.7. The Kier molecular flexibility index (Phi) is 7.45. The maximum atomic E-state index is 13.6. The Balaban J connectivity index is 1.48. The van der Waals surface area contributed by atoms with E-state index in [0.29, 0.717) is 13.1 Å². The van der Waals surface area contributed by atoms with Crippen molar-refractivity contribution in [2.75, 3.05) is 46.9 Å². The van der Waals surface area contributed by atoms with E-state index >= 15 is 0 Å². The number of nitrogens with zero attached hydrogens (tertiary/aromatic N) is 1. The second-order valence-electron chi connectivity index (χ2n) is 8.49. The summed E-state index contributed by atoms with van der Waals surface area (Å²) in [7, 11) is 3.51. The van der Waals surface area contributed by atoms with Gasteiger partial charge in [0.2, 0.25) is 0 Å². The molecule has 1 fully saturated rings. The molecule has 3 rings (SSSR count). The molecule has 1 aliphatic rings. The number of quaternary nitrogens is 2. The molecule has 2 N–H and O–H groups in total. The number of rotatable bonds is 7. The molecule has 1 amide bonds. The minimum absolute atomic E-state index is 0.181. The first kappa shape index (κ1) is 22.2. The molecule has 0 unspecified atom stereocenters. The molecule has 2 aromatic rings. The number of halogens is 1. The predicted octanol–water partition coefficient (Wildman–Crippen LogP) is 0.393. The van der Waals surface area contributed by atoms with Crippen LogP contribution in [0.4, 0.5) is 4.39 Å². The van der Waals surface area contributed by atoms with Gasteiger partial charge < -0.3 is 19.4 Å². The average molecular weight is 416 g/mol. The van der Waals surface area contributed by atoms with Gasteiger partial charge >= 0.3 is 0 Å². The van der Waals surface area contributed by atoms with E-state index < -0.39 is 0 Å². The van der Waals surface area contributed by atoms with Crippen molar-refractivity contribution in [2.24, 2.45) is 0 Å². The summed E-state index contributed by atoms with van der Waals surface area (Å²) >= 11 is 0. The monoisotopic (exact) mass is 415 g/mol. The number of methoxy groups -OCH3 is 1. The van der Waals surface area contributed by atoms with Crippen molar-refractivity contribution in [3.8, 4) is 5.75 Å². The molecule has 0 radical (unpaired) electrons. The lowest BCUT2D eigenvalue weighted by Crippen LogP contribution is -3.28. The lowest BCUT2D eigenvalue weighted by molar-refractivity contribution is -1.02. The van der Waals surface area contributed by atoms with Gasteiger partial charge in [0.05, 0.1) is 12.7 Å². The number of aryl methyl sites for hydroxylation is 2. The van der Waals surface area contributed by atoms with E-state index in [9.17, 15) is 9.18 Å². The third kappa shape index (κ3) is 5.80. The standard InChI is InChI=1S/C24H32FN3O2/c1-18-5-6-20(19(2)13-18)15-26(3)24(29)17-28-11-9-27(10-12-28)16-21-14-22(25)7-8-23(21)30-4/h5-8,13-14H,9-12,15-17H2,1-4H3/p+2. The third-order valence-electron chi connectivity index (χ3n) is 6.08. The van der Waals surface area contributed by atoms with Gasteiger partial charge in [-0.25, -0.2) is 4.39 Å². The Morgan fingerprint density at radius 2 is 1.73 bits per heavy atom. The summed E-state index contributed by atoms with van der Waals surface area (Å²) in [5.74, 6) is 0.689. The van der Waals surface area contributed by atoms with Gasteiger partial charge in [0, 0.05) is 13.6 Å². The first-order chi connectivity index (χ1) is 14.4. The fourth-order valence-corrected chi connectivity index (χ4v) is 4.18. The van der Waals surface area contributed by atoms with E-state index in [2.05, 4.69) is 32.0 Å². The molecule has 1 aliphatic heterocycles. The average Bonchev–Trinajstić information content (AvgIpc) is 2.71. The van der Waals surface area contributed by atoms with E-state index in [1.54, 1.807) is 19.2 Å². The van der Waals surface area contributed by atoms with Crippen molar-refractivity contribution >= 4 is 5.91 Å². The van der Waals surface area contributed by atoms with Crippen LogP contribution in [0.1, 0.15) is 22.3 Å². The summed E-state index contributed by atoms with van der Waals surface area (Å²) in [5.41, 5.74) is 4.57. The number of likely N-dealkylation sites (N-methyl/N-ethyl adjacent to an activating group) is 1. The van der Waals surface area contributed by atoms with Gasteiger partial charge in [0.25, 0.3) is 5.91 Å². The molecule has 1 heterocycles. The van der Waals surface area contributed by atoms with Crippen LogP contribution in [-0.4, -0.2) is 57.7 Å². The molecule has 6 heteroatoms. The number of amides is 1. The van der Waals surface area contributed by atoms with E-state index in [4.69, 9.17) is 4.74 Å². The van der Waals surface area contributed by atoms with Crippen LogP contribution < -0.4 is 14.5 Å². The van der Waals surface area contributed by atoms with Crippen LogP contribution in [0.15, 0.2) is 36.4 Å². The Labute approximate surface area is 179 Å². The van der Waals surface area contributed by atoms with Gasteiger partial charge in [0.1, 0.15) is 44.3 Å². The third-order valence-corrected chi connectivity index (χ3v) is 6.08. The maximum Gasteiger partial charge on any atom is 0.277 e. The van der Waals surface area contributed by atoms with Gasteiger partial charge in [-0.2, -0.15) is 0 Å². The zero-order chi connectivity index (χ0) is 21.7. The van der Waals surface area contributed by atoms with Crippen LogP contribution in [0.25, 0.3) is 0 Å². The number of hydrogen-bond acceptors (Lipinski definition) is 2. The number of hydrogen-bond donors (Lipinski definition) is 2. The largest absolute Gasteiger partial charge is 0.496 e. The van der Waals surface area contributed by atoms with Gasteiger partial charge in [-0.15, -0.1) is 0 Å². The molecular weight excluding hydrogens is 381 g/mol. The Morgan fingerprint density at radius 3 is 2.40 bits per heavy atom. The summed E-state index contributed by atoms with van der Waals surface area (Å²) in [4.78, 5) is 17.3. The second kappa shape index (κ2) is 10.0. The quantitative estimate of drug-likeness (QED) is 0.687. The van der Waals surface area contributed by atoms with Gasteiger partial charge in [-0.05, 0) is 43.2 Å². The zero-order valence-corrected chi connectivity index (χ0v) is 18.6. The number of piperazine rings is 1. The highest BCUT2D eigenvalue weighted by Crippen LogP contribution is 2.18. The van der Waals surface area contributed by atoms with Crippen molar-refractivity contribution in [2.45, 2.75) is 26.9 Å². The number of nitrogens with one attached hydrogen (secondary N) is 2. The van der Waals surface area contributed by atoms with E-state index in [1.807, 2.05) is 11.9 Å². The number of carbonyl (C=O) groups is 1. The van der Waals surface area contributed by atoms with Crippen LogP contribution in [-0.2, 0) is 17.9 Å². The van der Waals surface area contributed by atoms with Gasteiger partial charge in [0.15, 0.2) is 6.54 Å². The minimum Gasteiger partial charge on any atom is -0.496 e. The first-order valence-corrected chi connectivity index (χ1v) is 10.7. The summed E-state index contributed by atoms with van der Waals surface area (Å²) in [6, 6.07) is 11.1. The second-order valence-corrected chi connectivity index (χ2v) is 8.49. The van der Waals surface area contributed by atoms with E-state index in [-0.39, 0.29) is 11.7 Å². The fraction of sp³-hybridized carbons (Fsp3) is 0.458. The normalized spacial score (nSPS) is 18.8. The fourth-order valence-electron chi connectivity index (χ4n) is 4.18. The van der Waals surface area contributed by atoms with Gasteiger partial charge in [-0.1, -0.05) is 23.8 Å². The minimum atomic E-state index is -0.230. The summed E-state index contributed by atoms with van der Waals surface area (Å²) in [6.45, 7) is 9.91. The molecule has 0 atom stereocenters. The van der Waals surface area contributed by atoms with Crippen LogP contribution in [0.5, 0.6) is 5.75 Å². The Morgan fingerprint density at radius 1 is 1.03 bits per heavy atom. The van der Waals surface area contributed by atoms with Crippen LogP contribution in [0.3, 0.4) is 0 Å². The molecule has 0 bridgehead atoms. The molecular formula is C24H34FN3O2+2. The van der Waals surface area contributed by atoms with Crippen molar-refractivity contribution in [3.63, 3.8) is 0 Å². The van der Waals surface area contributed by atoms with Crippen LogP contribution in [0.2, 0.25) is 0 Å². The van der Waals surface area contributed by atoms with E-state index in [1.165, 1.54) is 32.6 Å². The molecule has 30 heavy (non-hydrogen) atoms. The molecule has 0 spiro atoms. The van der Waals surface area contributed by atoms with Crippen molar-refractivity contribution in [1.29, 1.82) is 0 Å². The summed E-state index contributed by atoms with van der Waals surface area (Å²) in [6.07, 6.45) is 0. The highest BCUT2D eigenvalue weighted by Gasteiger charge is 2.27. The highest BCUT2D eigenvalue weighted by molar-refractivity contribution is 5.76. The van der Waals surface area contributed by atoms with Crippen molar-refractivity contribution in [3.05, 3.63) is 64.5 Å². The van der Waals surface area contributed by atoms with Gasteiger partial charge in [-0.3, -0.25) is 4.79 Å². The molecule has 0 aliphatic carbocycles. The predicted molar refractivity (Wildman–Crippen MR) is 115 cm³/mol. The summed E-state index contributed by atoms with van der Waals surface area (Å²) < 4.78 is 19.0. The smallest absolute Gasteiger partial charge is 0.277 e.